The van der Waals surface area contributed by atoms with E-state index in [-0.39, 0.29) is 11.5 Å². The highest BCUT2D eigenvalue weighted by Crippen LogP contribution is 2.24. The molecule has 0 bridgehead atoms. The van der Waals surface area contributed by atoms with Crippen molar-refractivity contribution in [2.24, 2.45) is 10.1 Å². The van der Waals surface area contributed by atoms with Gasteiger partial charge in [0.05, 0.1) is 11.9 Å². The van der Waals surface area contributed by atoms with E-state index in [1.807, 2.05) is 5.38 Å². The highest BCUT2D eigenvalue weighted by molar-refractivity contribution is 7.07. The fraction of sp³-hybridized carbons (Fsp3) is 0.111. The van der Waals surface area contributed by atoms with Gasteiger partial charge in [0, 0.05) is 18.0 Å². The topological polar surface area (TPSA) is 59.1 Å². The van der Waals surface area contributed by atoms with E-state index < -0.39 is 6.61 Å². The third-order valence-corrected chi connectivity index (χ3v) is 4.37. The van der Waals surface area contributed by atoms with E-state index in [1.54, 1.807) is 54.3 Å². The molecule has 134 valence electrons. The second-order valence-corrected chi connectivity index (χ2v) is 6.01. The molecule has 0 amide bonds. The fourth-order valence-electron chi connectivity index (χ4n) is 2.25. The largest absolute Gasteiger partial charge is 0.508 e. The summed E-state index contributed by atoms with van der Waals surface area (Å²) in [4.78, 5) is 4.89. The Kier molecular flexibility index (Phi) is 5.43. The average Bonchev–Trinajstić information content (AvgIpc) is 3.04. The molecule has 5 nitrogen and oxygen atoms in total. The normalized spacial score (nSPS) is 12.2. The zero-order chi connectivity index (χ0) is 18.5. The van der Waals surface area contributed by atoms with E-state index in [2.05, 4.69) is 14.8 Å². The Labute approximate surface area is 152 Å². The smallest absolute Gasteiger partial charge is 0.387 e. The van der Waals surface area contributed by atoms with Crippen molar-refractivity contribution in [1.82, 2.24) is 4.68 Å². The summed E-state index contributed by atoms with van der Waals surface area (Å²) in [6.07, 6.45) is 1.65. The number of hydrogen-bond acceptors (Lipinski definition) is 5. The summed E-state index contributed by atoms with van der Waals surface area (Å²) in [7, 11) is 1.67. The molecule has 1 heterocycles. The number of nitrogens with zero attached hydrogens (tertiary/aromatic N) is 3. The standard InChI is InChI=1S/C18H15F2N3O2S/c1-21-18-23(22-10-12-2-6-14(24)7-3-12)16(11-26-18)13-4-8-15(9-5-13)25-17(19)20/h2-11,17,24H,1H3/b21-18?,22-10+. The first-order valence-electron chi connectivity index (χ1n) is 7.59. The van der Waals surface area contributed by atoms with Gasteiger partial charge in [0.2, 0.25) is 4.80 Å². The Morgan fingerprint density at radius 2 is 1.81 bits per heavy atom. The predicted octanol–water partition coefficient (Wildman–Crippen LogP) is 3.94. The predicted molar refractivity (Wildman–Crippen MR) is 97.0 cm³/mol. The third kappa shape index (κ3) is 4.15. The molecular formula is C18H15F2N3O2S. The third-order valence-electron chi connectivity index (χ3n) is 3.47. The van der Waals surface area contributed by atoms with Gasteiger partial charge in [-0.2, -0.15) is 13.9 Å². The Balaban J connectivity index is 1.94. The molecule has 2 aromatic carbocycles. The first kappa shape index (κ1) is 17.8. The van der Waals surface area contributed by atoms with Crippen LogP contribution >= 0.6 is 11.3 Å². The molecule has 0 aliphatic heterocycles. The van der Waals surface area contributed by atoms with Crippen molar-refractivity contribution in [3.8, 4) is 22.8 Å². The SMILES string of the molecule is CN=c1scc(-c2ccc(OC(F)F)cc2)n1/N=C/c1ccc(O)cc1. The van der Waals surface area contributed by atoms with Crippen molar-refractivity contribution < 1.29 is 18.6 Å². The summed E-state index contributed by atoms with van der Waals surface area (Å²) in [5.74, 6) is 0.278. The summed E-state index contributed by atoms with van der Waals surface area (Å²) < 4.78 is 30.6. The zero-order valence-corrected chi connectivity index (χ0v) is 14.5. The molecule has 0 radical (unpaired) electrons. The zero-order valence-electron chi connectivity index (χ0n) is 13.7. The lowest BCUT2D eigenvalue weighted by molar-refractivity contribution is -0.0498. The number of aromatic hydroxyl groups is 1. The van der Waals surface area contributed by atoms with Gasteiger partial charge in [-0.15, -0.1) is 11.3 Å². The van der Waals surface area contributed by atoms with E-state index in [9.17, 15) is 13.9 Å². The number of phenols is 1. The van der Waals surface area contributed by atoms with Crippen LogP contribution in [0.25, 0.3) is 11.3 Å². The molecule has 26 heavy (non-hydrogen) atoms. The number of benzene rings is 2. The first-order chi connectivity index (χ1) is 12.6. The summed E-state index contributed by atoms with van der Waals surface area (Å²) in [6, 6.07) is 13.0. The molecular weight excluding hydrogens is 360 g/mol. The minimum atomic E-state index is -2.85. The molecule has 1 aromatic heterocycles. The summed E-state index contributed by atoms with van der Waals surface area (Å²) in [6.45, 7) is -2.85. The molecule has 0 spiro atoms. The maximum atomic E-state index is 12.3. The molecule has 0 aliphatic rings. The lowest BCUT2D eigenvalue weighted by atomic mass is 10.2. The van der Waals surface area contributed by atoms with Gasteiger partial charge in [0.15, 0.2) is 0 Å². The quantitative estimate of drug-likeness (QED) is 0.687. The van der Waals surface area contributed by atoms with Gasteiger partial charge in [0.1, 0.15) is 11.5 Å². The van der Waals surface area contributed by atoms with Crippen molar-refractivity contribution in [2.75, 3.05) is 7.05 Å². The van der Waals surface area contributed by atoms with Crippen LogP contribution in [0, 0.1) is 0 Å². The van der Waals surface area contributed by atoms with Crippen LogP contribution in [-0.4, -0.2) is 29.7 Å². The maximum Gasteiger partial charge on any atom is 0.387 e. The summed E-state index contributed by atoms with van der Waals surface area (Å²) >= 11 is 1.41. The average molecular weight is 375 g/mol. The molecule has 8 heteroatoms. The van der Waals surface area contributed by atoms with E-state index in [0.29, 0.717) is 4.80 Å². The number of aromatic nitrogens is 1. The summed E-state index contributed by atoms with van der Waals surface area (Å²) in [5, 5.41) is 15.7. The van der Waals surface area contributed by atoms with Crippen molar-refractivity contribution in [2.45, 2.75) is 6.61 Å². The van der Waals surface area contributed by atoms with E-state index >= 15 is 0 Å². The molecule has 0 saturated carbocycles. The molecule has 0 aliphatic carbocycles. The van der Waals surface area contributed by atoms with Gasteiger partial charge in [-0.25, -0.2) is 4.68 Å². The highest BCUT2D eigenvalue weighted by atomic mass is 32.1. The molecule has 0 saturated heterocycles. The monoisotopic (exact) mass is 375 g/mol. The van der Waals surface area contributed by atoms with Crippen LogP contribution in [0.15, 0.2) is 64.0 Å². The van der Waals surface area contributed by atoms with Crippen molar-refractivity contribution in [3.63, 3.8) is 0 Å². The number of phenolic OH excluding ortho intramolecular Hbond substituents is 1. The van der Waals surface area contributed by atoms with Gasteiger partial charge < -0.3 is 9.84 Å². The first-order valence-corrected chi connectivity index (χ1v) is 8.47. The molecule has 0 unspecified atom stereocenters. The lowest BCUT2D eigenvalue weighted by Crippen LogP contribution is -2.11. The lowest BCUT2D eigenvalue weighted by Gasteiger charge is -2.06. The Bertz CT molecular complexity index is 961. The maximum absolute atomic E-state index is 12.3. The fourth-order valence-corrected chi connectivity index (χ4v) is 3.06. The van der Waals surface area contributed by atoms with Crippen LogP contribution < -0.4 is 9.54 Å². The second-order valence-electron chi connectivity index (χ2n) is 5.18. The number of halogens is 2. The van der Waals surface area contributed by atoms with Crippen LogP contribution in [0.3, 0.4) is 0 Å². The molecule has 3 aromatic rings. The van der Waals surface area contributed by atoms with Gasteiger partial charge >= 0.3 is 6.61 Å². The molecule has 0 atom stereocenters. The minimum absolute atomic E-state index is 0.0959. The van der Waals surface area contributed by atoms with Crippen molar-refractivity contribution in [1.29, 1.82) is 0 Å². The van der Waals surface area contributed by atoms with E-state index in [4.69, 9.17) is 0 Å². The highest BCUT2D eigenvalue weighted by Gasteiger charge is 2.09. The van der Waals surface area contributed by atoms with Crippen molar-refractivity contribution in [3.05, 3.63) is 64.3 Å². The van der Waals surface area contributed by atoms with Gasteiger partial charge in [0.25, 0.3) is 0 Å². The van der Waals surface area contributed by atoms with Crippen molar-refractivity contribution >= 4 is 17.6 Å². The van der Waals surface area contributed by atoms with Gasteiger partial charge in [-0.3, -0.25) is 4.99 Å². The number of hydrogen-bond donors (Lipinski definition) is 1. The minimum Gasteiger partial charge on any atom is -0.508 e. The number of rotatable bonds is 5. The van der Waals surface area contributed by atoms with E-state index in [0.717, 1.165) is 16.8 Å². The second kappa shape index (κ2) is 7.92. The molecule has 1 N–H and O–H groups in total. The van der Waals surface area contributed by atoms with E-state index in [1.165, 1.54) is 23.5 Å². The van der Waals surface area contributed by atoms with Gasteiger partial charge in [-0.1, -0.05) is 0 Å². The number of ether oxygens (including phenoxy) is 1. The molecule has 3 rings (SSSR count). The van der Waals surface area contributed by atoms with Crippen LogP contribution in [0.4, 0.5) is 8.78 Å². The van der Waals surface area contributed by atoms with Crippen LogP contribution in [0.1, 0.15) is 5.56 Å². The Morgan fingerprint density at radius 1 is 1.12 bits per heavy atom. The van der Waals surface area contributed by atoms with Crippen LogP contribution in [0.5, 0.6) is 11.5 Å². The van der Waals surface area contributed by atoms with Crippen LogP contribution in [-0.2, 0) is 0 Å². The Morgan fingerprint density at radius 3 is 2.42 bits per heavy atom. The van der Waals surface area contributed by atoms with Crippen LogP contribution in [0.2, 0.25) is 0 Å². The van der Waals surface area contributed by atoms with Gasteiger partial charge in [-0.05, 0) is 54.1 Å². The Hall–Kier alpha value is -3.00. The number of alkyl halides is 2. The summed E-state index contributed by atoms with van der Waals surface area (Å²) in [5.41, 5.74) is 2.38. The molecule has 0 fully saturated rings. The number of thiazole rings is 1.